The van der Waals surface area contributed by atoms with Gasteiger partial charge in [-0.2, -0.15) is 0 Å². The molecule has 1 saturated heterocycles. The largest absolute Gasteiger partial charge is 0.394 e. The van der Waals surface area contributed by atoms with Gasteiger partial charge in [0, 0.05) is 6.92 Å². The monoisotopic (exact) mass is 222 g/mol. The van der Waals surface area contributed by atoms with Crippen molar-refractivity contribution in [2.24, 2.45) is 0 Å². The van der Waals surface area contributed by atoms with Crippen molar-refractivity contribution in [1.82, 2.24) is 0 Å². The summed E-state index contributed by atoms with van der Waals surface area (Å²) in [6, 6.07) is 0. The van der Waals surface area contributed by atoms with E-state index in [1.165, 1.54) is 0 Å². The Labute approximate surface area is 85.5 Å². The van der Waals surface area contributed by atoms with Crippen LogP contribution in [0, 0.1) is 0 Å². The topological polar surface area (TPSA) is 127 Å². The minimum Gasteiger partial charge on any atom is -0.394 e. The number of rotatable bonds is 2. The first-order chi connectivity index (χ1) is 6.84. The van der Waals surface area contributed by atoms with Crippen molar-refractivity contribution in [1.29, 1.82) is 0 Å². The van der Waals surface area contributed by atoms with Crippen LogP contribution in [0.1, 0.15) is 6.92 Å². The first-order valence-electron chi connectivity index (χ1n) is 4.41. The molecule has 0 saturated carbocycles. The molecule has 1 aliphatic heterocycles. The molecule has 5 N–H and O–H groups in total. The normalized spacial score (nSPS) is 46.5. The Morgan fingerprint density at radius 1 is 1.33 bits per heavy atom. The van der Waals surface area contributed by atoms with E-state index in [9.17, 15) is 25.2 Å². The first kappa shape index (κ1) is 12.5. The first-order valence-corrected chi connectivity index (χ1v) is 4.41. The van der Waals surface area contributed by atoms with E-state index in [0.29, 0.717) is 0 Å². The molecular weight excluding hydrogens is 208 g/mol. The second kappa shape index (κ2) is 4.12. The van der Waals surface area contributed by atoms with Gasteiger partial charge in [-0.1, -0.05) is 0 Å². The molecule has 1 unspecified atom stereocenters. The maximum absolute atomic E-state index is 11.0. The minimum atomic E-state index is -2.59. The van der Waals surface area contributed by atoms with Gasteiger partial charge >= 0.3 is 0 Å². The molecule has 0 radical (unpaired) electrons. The van der Waals surface area contributed by atoms with Crippen LogP contribution < -0.4 is 0 Å². The molecule has 0 aromatic rings. The lowest BCUT2D eigenvalue weighted by molar-refractivity contribution is -0.330. The maximum atomic E-state index is 11.0. The summed E-state index contributed by atoms with van der Waals surface area (Å²) in [4.78, 5) is 11.0. The SMILES string of the molecule is CC(=O)C1(O)O[C@H](CO)[C@H](O)[C@H](O)[C@H]1O. The van der Waals surface area contributed by atoms with E-state index in [1.54, 1.807) is 0 Å². The Kier molecular flexibility index (Phi) is 3.44. The summed E-state index contributed by atoms with van der Waals surface area (Å²) in [5.74, 6) is -3.51. The highest BCUT2D eigenvalue weighted by molar-refractivity contribution is 5.84. The predicted molar refractivity (Wildman–Crippen MR) is 45.6 cm³/mol. The smallest absolute Gasteiger partial charge is 0.256 e. The van der Waals surface area contributed by atoms with Gasteiger partial charge in [-0.25, -0.2) is 0 Å². The van der Waals surface area contributed by atoms with Gasteiger partial charge in [0.15, 0.2) is 5.78 Å². The molecular formula is C8H14O7. The summed E-state index contributed by atoms with van der Waals surface area (Å²) in [6.07, 6.45) is -6.60. The van der Waals surface area contributed by atoms with Gasteiger partial charge in [0.05, 0.1) is 6.61 Å². The molecule has 1 rings (SSSR count). The zero-order valence-corrected chi connectivity index (χ0v) is 8.07. The Balaban J connectivity index is 2.97. The maximum Gasteiger partial charge on any atom is 0.256 e. The van der Waals surface area contributed by atoms with Crippen LogP contribution in [0.2, 0.25) is 0 Å². The fraction of sp³-hybridized carbons (Fsp3) is 0.875. The van der Waals surface area contributed by atoms with Crippen LogP contribution in [-0.4, -0.2) is 68.1 Å². The van der Waals surface area contributed by atoms with Crippen molar-refractivity contribution in [3.8, 4) is 0 Å². The highest BCUT2D eigenvalue weighted by atomic mass is 16.7. The van der Waals surface area contributed by atoms with Gasteiger partial charge in [-0.05, 0) is 0 Å². The number of hydrogen-bond acceptors (Lipinski definition) is 7. The molecule has 15 heavy (non-hydrogen) atoms. The highest BCUT2D eigenvalue weighted by Crippen LogP contribution is 2.28. The van der Waals surface area contributed by atoms with E-state index in [1.807, 2.05) is 0 Å². The molecule has 7 nitrogen and oxygen atoms in total. The summed E-state index contributed by atoms with van der Waals surface area (Å²) in [6.45, 7) is 0.266. The van der Waals surface area contributed by atoms with Crippen molar-refractivity contribution in [3.63, 3.8) is 0 Å². The van der Waals surface area contributed by atoms with Crippen LogP contribution in [-0.2, 0) is 9.53 Å². The summed E-state index contributed by atoms with van der Waals surface area (Å²) >= 11 is 0. The number of carbonyl (C=O) groups excluding carboxylic acids is 1. The van der Waals surface area contributed by atoms with Crippen LogP contribution >= 0.6 is 0 Å². The van der Waals surface area contributed by atoms with E-state index in [2.05, 4.69) is 4.74 Å². The third-order valence-electron chi connectivity index (χ3n) is 2.47. The van der Waals surface area contributed by atoms with Gasteiger partial charge in [-0.15, -0.1) is 0 Å². The lowest BCUT2D eigenvalue weighted by atomic mass is 9.90. The van der Waals surface area contributed by atoms with Crippen molar-refractivity contribution in [2.75, 3.05) is 6.61 Å². The van der Waals surface area contributed by atoms with Gasteiger partial charge in [-0.3, -0.25) is 4.79 Å². The van der Waals surface area contributed by atoms with E-state index < -0.39 is 42.6 Å². The van der Waals surface area contributed by atoms with Crippen molar-refractivity contribution in [2.45, 2.75) is 37.1 Å². The number of ketones is 1. The molecule has 1 aliphatic rings. The van der Waals surface area contributed by atoms with Crippen LogP contribution in [0.15, 0.2) is 0 Å². The average Bonchev–Trinajstić information content (AvgIpc) is 2.20. The Morgan fingerprint density at radius 2 is 1.87 bits per heavy atom. The molecule has 7 heteroatoms. The lowest BCUT2D eigenvalue weighted by Crippen LogP contribution is -2.67. The van der Waals surface area contributed by atoms with Gasteiger partial charge < -0.3 is 30.3 Å². The van der Waals surface area contributed by atoms with Crippen molar-refractivity contribution >= 4 is 5.78 Å². The molecule has 0 aliphatic carbocycles. The standard InChI is InChI=1S/C8H14O7/c1-3(10)8(14)7(13)6(12)5(11)4(2-9)15-8/h4-7,9,11-14H,2H2,1H3/t4-,5+,6+,7-,8?/m1/s1. The van der Waals surface area contributed by atoms with Crippen LogP contribution in [0.3, 0.4) is 0 Å². The van der Waals surface area contributed by atoms with Crippen molar-refractivity contribution in [3.05, 3.63) is 0 Å². The summed E-state index contributed by atoms with van der Waals surface area (Å²) < 4.78 is 4.68. The molecule has 88 valence electrons. The second-order valence-corrected chi connectivity index (χ2v) is 3.52. The average molecular weight is 222 g/mol. The lowest BCUT2D eigenvalue weighted by Gasteiger charge is -2.43. The van der Waals surface area contributed by atoms with Gasteiger partial charge in [0.2, 0.25) is 0 Å². The molecule has 0 spiro atoms. The molecule has 0 aromatic carbocycles. The molecule has 1 heterocycles. The number of ether oxygens (including phenoxy) is 1. The number of Topliss-reactive ketones (excluding diaryl/α,β-unsaturated/α-hetero) is 1. The summed E-state index contributed by atoms with van der Waals surface area (Å²) in [5, 5.41) is 46.4. The Morgan fingerprint density at radius 3 is 2.27 bits per heavy atom. The number of aliphatic hydroxyl groups excluding tert-OH is 4. The molecule has 0 aromatic heterocycles. The quantitative estimate of drug-likeness (QED) is 0.332. The van der Waals surface area contributed by atoms with Crippen LogP contribution in [0.4, 0.5) is 0 Å². The zero-order valence-electron chi connectivity index (χ0n) is 8.07. The van der Waals surface area contributed by atoms with Crippen LogP contribution in [0.25, 0.3) is 0 Å². The second-order valence-electron chi connectivity index (χ2n) is 3.52. The Hall–Kier alpha value is -0.570. The summed E-state index contributed by atoms with van der Waals surface area (Å²) in [7, 11) is 0. The predicted octanol–water partition coefficient (Wildman–Crippen LogP) is -3.26. The minimum absolute atomic E-state index is 0.694. The van der Waals surface area contributed by atoms with Gasteiger partial charge in [0.25, 0.3) is 5.79 Å². The number of carbonyl (C=O) groups is 1. The number of hydrogen-bond donors (Lipinski definition) is 5. The number of aliphatic hydroxyl groups is 5. The van der Waals surface area contributed by atoms with E-state index in [4.69, 9.17) is 5.11 Å². The Bertz CT molecular complexity index is 253. The molecule has 0 amide bonds. The van der Waals surface area contributed by atoms with Crippen LogP contribution in [0.5, 0.6) is 0 Å². The molecule has 1 fully saturated rings. The third-order valence-corrected chi connectivity index (χ3v) is 2.47. The third kappa shape index (κ3) is 1.89. The highest BCUT2D eigenvalue weighted by Gasteiger charge is 2.55. The van der Waals surface area contributed by atoms with Gasteiger partial charge in [0.1, 0.15) is 24.4 Å². The van der Waals surface area contributed by atoms with E-state index in [-0.39, 0.29) is 0 Å². The fourth-order valence-corrected chi connectivity index (χ4v) is 1.44. The molecule has 5 atom stereocenters. The summed E-state index contributed by atoms with van der Waals surface area (Å²) in [5.41, 5.74) is 0. The zero-order chi connectivity index (χ0) is 11.8. The van der Waals surface area contributed by atoms with Crippen molar-refractivity contribution < 1.29 is 35.1 Å². The van der Waals surface area contributed by atoms with E-state index >= 15 is 0 Å². The molecule has 0 bridgehead atoms. The van der Waals surface area contributed by atoms with E-state index in [0.717, 1.165) is 6.92 Å². The fourth-order valence-electron chi connectivity index (χ4n) is 1.44.